The smallest absolute Gasteiger partial charge is 0.410 e. The van der Waals surface area contributed by atoms with Gasteiger partial charge < -0.3 is 14.5 Å². The number of ether oxygens (including phenoxy) is 1. The number of alkyl halides is 1. The second-order valence-electron chi connectivity index (χ2n) is 6.77. The minimum Gasteiger partial charge on any atom is -0.445 e. The Hall–Kier alpha value is -1.75. The van der Waals surface area contributed by atoms with Crippen molar-refractivity contribution in [1.82, 2.24) is 9.80 Å². The van der Waals surface area contributed by atoms with Gasteiger partial charge in [0.2, 0.25) is 5.91 Å². The summed E-state index contributed by atoms with van der Waals surface area (Å²) < 4.78 is 5.47. The van der Waals surface area contributed by atoms with Gasteiger partial charge in [0.1, 0.15) is 12.5 Å². The molecule has 5 nitrogen and oxygen atoms in total. The van der Waals surface area contributed by atoms with Gasteiger partial charge in [-0.05, 0) is 38.2 Å². The Kier molecular flexibility index (Phi) is 7.56. The molecule has 2 rings (SSSR count). The fourth-order valence-corrected chi connectivity index (χ4v) is 3.27. The maximum atomic E-state index is 12.5. The predicted octanol–water partition coefficient (Wildman–Crippen LogP) is 3.51. The SMILES string of the molecule is CC(C)N(CC1CCCN(C(=O)CCl)C1)C(=O)OCc1ccccc1. The van der Waals surface area contributed by atoms with Gasteiger partial charge in [-0.25, -0.2) is 4.79 Å². The Bertz CT molecular complexity index is 565. The van der Waals surface area contributed by atoms with Crippen molar-refractivity contribution >= 4 is 23.6 Å². The topological polar surface area (TPSA) is 49.9 Å². The highest BCUT2D eigenvalue weighted by Crippen LogP contribution is 2.20. The standard InChI is InChI=1S/C19H27ClN2O3/c1-15(2)22(19(24)25-14-16-7-4-3-5-8-16)13-17-9-6-10-21(12-17)18(23)11-20/h3-5,7-8,15,17H,6,9-14H2,1-2H3. The average Bonchev–Trinajstić information content (AvgIpc) is 2.64. The number of piperidine rings is 1. The highest BCUT2D eigenvalue weighted by molar-refractivity contribution is 6.27. The van der Waals surface area contributed by atoms with Gasteiger partial charge in [0.25, 0.3) is 0 Å². The van der Waals surface area contributed by atoms with E-state index in [1.54, 1.807) is 9.80 Å². The lowest BCUT2D eigenvalue weighted by Gasteiger charge is -2.36. The van der Waals surface area contributed by atoms with Crippen LogP contribution in [-0.2, 0) is 16.1 Å². The van der Waals surface area contributed by atoms with Crippen molar-refractivity contribution in [1.29, 1.82) is 0 Å². The van der Waals surface area contributed by atoms with E-state index in [9.17, 15) is 9.59 Å². The van der Waals surface area contributed by atoms with Crippen molar-refractivity contribution in [3.8, 4) is 0 Å². The van der Waals surface area contributed by atoms with Crippen LogP contribution in [0.4, 0.5) is 4.79 Å². The summed E-state index contributed by atoms with van der Waals surface area (Å²) >= 11 is 5.66. The number of carbonyl (C=O) groups excluding carboxylic acids is 2. The van der Waals surface area contributed by atoms with Gasteiger partial charge in [-0.2, -0.15) is 0 Å². The number of hydrogen-bond acceptors (Lipinski definition) is 3. The lowest BCUT2D eigenvalue weighted by molar-refractivity contribution is -0.130. The Morgan fingerprint density at radius 2 is 2.04 bits per heavy atom. The van der Waals surface area contributed by atoms with Gasteiger partial charge in [0.05, 0.1) is 0 Å². The van der Waals surface area contributed by atoms with E-state index in [0.717, 1.165) is 24.9 Å². The van der Waals surface area contributed by atoms with Gasteiger partial charge in [-0.1, -0.05) is 30.3 Å². The summed E-state index contributed by atoms with van der Waals surface area (Å²) in [5, 5.41) is 0. The summed E-state index contributed by atoms with van der Waals surface area (Å²) in [4.78, 5) is 27.9. The van der Waals surface area contributed by atoms with E-state index < -0.39 is 0 Å². The number of likely N-dealkylation sites (tertiary alicyclic amines) is 1. The zero-order valence-electron chi connectivity index (χ0n) is 15.0. The van der Waals surface area contributed by atoms with E-state index >= 15 is 0 Å². The van der Waals surface area contributed by atoms with Crippen LogP contribution in [0, 0.1) is 5.92 Å². The van der Waals surface area contributed by atoms with Gasteiger partial charge in [0.15, 0.2) is 0 Å². The molecule has 1 atom stereocenters. The highest BCUT2D eigenvalue weighted by atomic mass is 35.5. The van der Waals surface area contributed by atoms with Crippen LogP contribution in [0.25, 0.3) is 0 Å². The number of benzene rings is 1. The summed E-state index contributed by atoms with van der Waals surface area (Å²) in [6, 6.07) is 9.69. The van der Waals surface area contributed by atoms with Crippen molar-refractivity contribution in [2.45, 2.75) is 39.3 Å². The van der Waals surface area contributed by atoms with Gasteiger partial charge in [0, 0.05) is 25.7 Å². The average molecular weight is 367 g/mol. The molecule has 138 valence electrons. The minimum atomic E-state index is -0.306. The van der Waals surface area contributed by atoms with E-state index in [1.165, 1.54) is 0 Å². The van der Waals surface area contributed by atoms with Crippen LogP contribution in [0.15, 0.2) is 30.3 Å². The first-order valence-corrected chi connectivity index (χ1v) is 9.35. The summed E-state index contributed by atoms with van der Waals surface area (Å²) in [7, 11) is 0. The summed E-state index contributed by atoms with van der Waals surface area (Å²) in [5.74, 6) is 0.237. The second-order valence-corrected chi connectivity index (χ2v) is 7.04. The van der Waals surface area contributed by atoms with Crippen LogP contribution in [0.1, 0.15) is 32.3 Å². The van der Waals surface area contributed by atoms with Gasteiger partial charge in [-0.3, -0.25) is 4.79 Å². The second kappa shape index (κ2) is 9.66. The monoisotopic (exact) mass is 366 g/mol. The van der Waals surface area contributed by atoms with Gasteiger partial charge >= 0.3 is 6.09 Å². The van der Waals surface area contributed by atoms with Crippen molar-refractivity contribution in [2.75, 3.05) is 25.5 Å². The molecule has 25 heavy (non-hydrogen) atoms. The molecule has 1 saturated heterocycles. The zero-order valence-corrected chi connectivity index (χ0v) is 15.7. The van der Waals surface area contributed by atoms with Crippen LogP contribution in [0.5, 0.6) is 0 Å². The molecule has 0 aliphatic carbocycles. The fourth-order valence-electron chi connectivity index (χ4n) is 3.10. The maximum Gasteiger partial charge on any atom is 0.410 e. The predicted molar refractivity (Wildman–Crippen MR) is 98.5 cm³/mol. The van der Waals surface area contributed by atoms with Crippen LogP contribution in [-0.4, -0.2) is 53.4 Å². The molecule has 0 radical (unpaired) electrons. The largest absolute Gasteiger partial charge is 0.445 e. The molecule has 0 spiro atoms. The number of halogens is 1. The van der Waals surface area contributed by atoms with E-state index in [1.807, 2.05) is 44.2 Å². The first kappa shape index (κ1) is 19.6. The van der Waals surface area contributed by atoms with Crippen LogP contribution >= 0.6 is 11.6 Å². The molecule has 1 aliphatic rings. The number of amides is 2. The summed E-state index contributed by atoms with van der Waals surface area (Å²) in [6.07, 6.45) is 1.64. The van der Waals surface area contributed by atoms with Crippen LogP contribution < -0.4 is 0 Å². The Balaban J connectivity index is 1.91. The molecule has 0 aromatic heterocycles. The van der Waals surface area contributed by atoms with Crippen LogP contribution in [0.2, 0.25) is 0 Å². The number of hydrogen-bond donors (Lipinski definition) is 0. The molecular weight excluding hydrogens is 340 g/mol. The molecule has 0 saturated carbocycles. The molecule has 0 N–H and O–H groups in total. The minimum absolute atomic E-state index is 0.0136. The molecule has 1 aromatic carbocycles. The van der Waals surface area contributed by atoms with E-state index in [2.05, 4.69) is 0 Å². The van der Waals surface area contributed by atoms with Crippen molar-refractivity contribution in [3.63, 3.8) is 0 Å². The summed E-state index contributed by atoms with van der Waals surface area (Å²) in [6.45, 7) is 6.23. The maximum absolute atomic E-state index is 12.5. The van der Waals surface area contributed by atoms with Crippen molar-refractivity contribution in [3.05, 3.63) is 35.9 Å². The van der Waals surface area contributed by atoms with Gasteiger partial charge in [-0.15, -0.1) is 11.6 Å². The van der Waals surface area contributed by atoms with Crippen molar-refractivity contribution < 1.29 is 14.3 Å². The third-order valence-electron chi connectivity index (χ3n) is 4.50. The molecule has 1 heterocycles. The molecule has 2 amide bonds. The van der Waals surface area contributed by atoms with E-state index in [0.29, 0.717) is 13.1 Å². The first-order valence-electron chi connectivity index (χ1n) is 8.82. The van der Waals surface area contributed by atoms with Crippen molar-refractivity contribution in [2.24, 2.45) is 5.92 Å². The molecule has 1 aromatic rings. The summed E-state index contributed by atoms with van der Waals surface area (Å²) in [5.41, 5.74) is 0.969. The fraction of sp³-hybridized carbons (Fsp3) is 0.579. The Morgan fingerprint density at radius 3 is 2.68 bits per heavy atom. The molecule has 1 fully saturated rings. The molecular formula is C19H27ClN2O3. The first-order chi connectivity index (χ1) is 12.0. The third-order valence-corrected chi connectivity index (χ3v) is 4.73. The lowest BCUT2D eigenvalue weighted by Crippen LogP contribution is -2.47. The van der Waals surface area contributed by atoms with E-state index in [-0.39, 0.29) is 36.4 Å². The Labute approximate surface area is 154 Å². The zero-order chi connectivity index (χ0) is 18.2. The Morgan fingerprint density at radius 1 is 1.32 bits per heavy atom. The third kappa shape index (κ3) is 5.92. The lowest BCUT2D eigenvalue weighted by atomic mass is 9.97. The molecule has 0 bridgehead atoms. The quantitative estimate of drug-likeness (QED) is 0.724. The number of carbonyl (C=O) groups is 2. The number of nitrogens with zero attached hydrogens (tertiary/aromatic N) is 2. The van der Waals surface area contributed by atoms with Crippen LogP contribution in [0.3, 0.4) is 0 Å². The molecule has 1 aliphatic heterocycles. The normalized spacial score (nSPS) is 17.4. The number of rotatable bonds is 6. The molecule has 6 heteroatoms. The highest BCUT2D eigenvalue weighted by Gasteiger charge is 2.28. The molecule has 1 unspecified atom stereocenters. The van der Waals surface area contributed by atoms with E-state index in [4.69, 9.17) is 16.3 Å².